The summed E-state index contributed by atoms with van der Waals surface area (Å²) < 4.78 is 38.3. The summed E-state index contributed by atoms with van der Waals surface area (Å²) in [4.78, 5) is 15.4. The molecule has 0 bridgehead atoms. The molecule has 0 radical (unpaired) electrons. The Morgan fingerprint density at radius 2 is 2.10 bits per heavy atom. The van der Waals surface area contributed by atoms with Crippen molar-refractivity contribution in [1.82, 2.24) is 14.6 Å². The first-order chi connectivity index (χ1) is 14.3. The van der Waals surface area contributed by atoms with Gasteiger partial charge in [0, 0.05) is 42.4 Å². The molecular weight excluding hydrogens is 407 g/mol. The van der Waals surface area contributed by atoms with E-state index in [-0.39, 0.29) is 11.8 Å². The molecule has 30 heavy (non-hydrogen) atoms. The van der Waals surface area contributed by atoms with Crippen molar-refractivity contribution in [3.63, 3.8) is 0 Å². The molecule has 9 heteroatoms. The summed E-state index contributed by atoms with van der Waals surface area (Å²) in [6.45, 7) is 1.13. The van der Waals surface area contributed by atoms with Crippen LogP contribution in [0.4, 0.5) is 14.9 Å². The van der Waals surface area contributed by atoms with Crippen LogP contribution in [0.3, 0.4) is 0 Å². The minimum Gasteiger partial charge on any atom is -0.361 e. The van der Waals surface area contributed by atoms with Crippen molar-refractivity contribution in [2.75, 3.05) is 24.7 Å². The van der Waals surface area contributed by atoms with Gasteiger partial charge in [0.25, 0.3) is 0 Å². The van der Waals surface area contributed by atoms with Gasteiger partial charge in [0.15, 0.2) is 0 Å². The van der Waals surface area contributed by atoms with Crippen molar-refractivity contribution < 1.29 is 17.6 Å². The third-order valence-corrected chi connectivity index (χ3v) is 6.61. The largest absolute Gasteiger partial charge is 0.361 e. The zero-order valence-electron chi connectivity index (χ0n) is 16.5. The lowest BCUT2D eigenvalue weighted by Crippen LogP contribution is -2.36. The molecule has 0 saturated heterocycles. The monoisotopic (exact) mass is 430 g/mol. The van der Waals surface area contributed by atoms with Crippen LogP contribution in [0.25, 0.3) is 10.9 Å². The number of halogens is 1. The molecule has 0 fully saturated rings. The van der Waals surface area contributed by atoms with Crippen LogP contribution in [-0.4, -0.2) is 43.1 Å². The average molecular weight is 431 g/mol. The molecule has 2 amide bonds. The van der Waals surface area contributed by atoms with Crippen LogP contribution >= 0.6 is 0 Å². The van der Waals surface area contributed by atoms with Crippen molar-refractivity contribution in [3.8, 4) is 0 Å². The predicted octanol–water partition coefficient (Wildman–Crippen LogP) is 2.99. The number of nitrogens with one attached hydrogen (secondary N) is 3. The first-order valence-corrected chi connectivity index (χ1v) is 11.5. The number of benzene rings is 2. The number of anilines is 1. The van der Waals surface area contributed by atoms with E-state index in [9.17, 15) is 17.6 Å². The Hall–Kier alpha value is -2.91. The van der Waals surface area contributed by atoms with Gasteiger partial charge in [-0.3, -0.25) is 0 Å². The fourth-order valence-corrected chi connectivity index (χ4v) is 4.62. The normalized spacial score (nSPS) is 14.5. The molecule has 158 valence electrons. The van der Waals surface area contributed by atoms with Crippen LogP contribution in [0.1, 0.15) is 16.7 Å². The van der Waals surface area contributed by atoms with Crippen LogP contribution in [0.5, 0.6) is 0 Å². The van der Waals surface area contributed by atoms with E-state index in [0.29, 0.717) is 38.2 Å². The second kappa shape index (κ2) is 8.08. The van der Waals surface area contributed by atoms with E-state index in [1.54, 1.807) is 6.07 Å². The highest BCUT2D eigenvalue weighted by molar-refractivity contribution is 7.88. The number of urea groups is 1. The second-order valence-electron chi connectivity index (χ2n) is 7.42. The summed E-state index contributed by atoms with van der Waals surface area (Å²) in [6, 6.07) is 9.79. The summed E-state index contributed by atoms with van der Waals surface area (Å²) in [5.41, 5.74) is 4.29. The molecule has 1 aliphatic rings. The van der Waals surface area contributed by atoms with Gasteiger partial charge in [-0.25, -0.2) is 17.6 Å². The maximum Gasteiger partial charge on any atom is 0.319 e. The number of sulfonamides is 1. The maximum atomic E-state index is 13.3. The quantitative estimate of drug-likeness (QED) is 0.581. The summed E-state index contributed by atoms with van der Waals surface area (Å²) in [7, 11) is -3.25. The number of hydrogen-bond acceptors (Lipinski definition) is 3. The molecule has 3 aromatic rings. The lowest BCUT2D eigenvalue weighted by molar-refractivity contribution is 0.252. The molecule has 2 heterocycles. The lowest BCUT2D eigenvalue weighted by atomic mass is 9.99. The number of aromatic nitrogens is 1. The Bertz CT molecular complexity index is 1210. The number of carbonyl (C=O) groups is 1. The van der Waals surface area contributed by atoms with Crippen molar-refractivity contribution in [3.05, 3.63) is 65.1 Å². The maximum absolute atomic E-state index is 13.3. The van der Waals surface area contributed by atoms with Gasteiger partial charge in [-0.15, -0.1) is 0 Å². The zero-order valence-corrected chi connectivity index (χ0v) is 17.4. The van der Waals surface area contributed by atoms with Gasteiger partial charge in [0.1, 0.15) is 5.82 Å². The Kier molecular flexibility index (Phi) is 5.48. The molecule has 2 aromatic carbocycles. The van der Waals surface area contributed by atoms with Gasteiger partial charge in [0.2, 0.25) is 10.0 Å². The fraction of sp³-hybridized carbons (Fsp3) is 0.286. The van der Waals surface area contributed by atoms with Gasteiger partial charge in [0.05, 0.1) is 6.26 Å². The molecule has 1 aliphatic heterocycles. The van der Waals surface area contributed by atoms with E-state index >= 15 is 0 Å². The van der Waals surface area contributed by atoms with Crippen LogP contribution < -0.4 is 10.6 Å². The summed E-state index contributed by atoms with van der Waals surface area (Å²) in [5, 5.41) is 6.65. The van der Waals surface area contributed by atoms with Crippen LogP contribution in [-0.2, 0) is 29.4 Å². The number of H-pyrrole nitrogens is 1. The topological polar surface area (TPSA) is 94.3 Å². The molecule has 0 aliphatic carbocycles. The van der Waals surface area contributed by atoms with Crippen LogP contribution in [0.15, 0.2) is 42.6 Å². The highest BCUT2D eigenvalue weighted by Gasteiger charge is 2.24. The minimum atomic E-state index is -3.25. The highest BCUT2D eigenvalue weighted by atomic mass is 32.2. The van der Waals surface area contributed by atoms with E-state index in [0.717, 1.165) is 27.6 Å². The number of hydrogen-bond donors (Lipinski definition) is 3. The first-order valence-electron chi connectivity index (χ1n) is 9.67. The van der Waals surface area contributed by atoms with Crippen molar-refractivity contribution in [2.24, 2.45) is 0 Å². The van der Waals surface area contributed by atoms with Crippen LogP contribution in [0, 0.1) is 5.82 Å². The third-order valence-electron chi connectivity index (χ3n) is 5.36. The van der Waals surface area contributed by atoms with Gasteiger partial charge >= 0.3 is 6.03 Å². The molecule has 7 nitrogen and oxygen atoms in total. The van der Waals surface area contributed by atoms with E-state index in [1.165, 1.54) is 22.7 Å². The number of rotatable bonds is 5. The summed E-state index contributed by atoms with van der Waals surface area (Å²) >= 11 is 0. The Morgan fingerprint density at radius 3 is 2.90 bits per heavy atom. The molecule has 4 rings (SSSR count). The molecule has 0 atom stereocenters. The number of aromatic amines is 1. The van der Waals surface area contributed by atoms with Crippen molar-refractivity contribution in [2.45, 2.75) is 19.4 Å². The standard InChI is InChI=1S/C21H23FN4O3S/c1-30(28,29)26-10-8-18-15(13-26)3-2-4-19(18)25-21(27)23-9-7-14-12-24-20-11-16(22)5-6-17(14)20/h2-6,11-12,24H,7-10,13H2,1H3,(H2,23,25,27). The predicted molar refractivity (Wildman–Crippen MR) is 114 cm³/mol. The molecule has 3 N–H and O–H groups in total. The number of nitrogens with zero attached hydrogens (tertiary/aromatic N) is 1. The number of carbonyl (C=O) groups excluding carboxylic acids is 1. The Balaban J connectivity index is 1.37. The van der Waals surface area contributed by atoms with Gasteiger partial charge in [-0.2, -0.15) is 4.31 Å². The molecule has 0 unspecified atom stereocenters. The van der Waals surface area contributed by atoms with Crippen LogP contribution in [0.2, 0.25) is 0 Å². The van der Waals surface area contributed by atoms with Gasteiger partial charge < -0.3 is 15.6 Å². The van der Waals surface area contributed by atoms with E-state index in [2.05, 4.69) is 15.6 Å². The van der Waals surface area contributed by atoms with E-state index in [1.807, 2.05) is 24.4 Å². The SMILES string of the molecule is CS(=O)(=O)N1CCc2c(cccc2NC(=O)NCCc2c[nH]c3cc(F)ccc23)C1. The average Bonchev–Trinajstić information content (AvgIpc) is 3.09. The third kappa shape index (κ3) is 4.31. The molecule has 0 saturated carbocycles. The molecule has 0 spiro atoms. The second-order valence-corrected chi connectivity index (χ2v) is 9.41. The minimum absolute atomic E-state index is 0.292. The lowest BCUT2D eigenvalue weighted by Gasteiger charge is -2.28. The first kappa shape index (κ1) is 20.4. The zero-order chi connectivity index (χ0) is 21.3. The van der Waals surface area contributed by atoms with Gasteiger partial charge in [-0.1, -0.05) is 12.1 Å². The van der Waals surface area contributed by atoms with Gasteiger partial charge in [-0.05, 0) is 53.8 Å². The number of amides is 2. The van der Waals surface area contributed by atoms with Crippen molar-refractivity contribution >= 4 is 32.6 Å². The van der Waals surface area contributed by atoms with Crippen molar-refractivity contribution in [1.29, 1.82) is 0 Å². The summed E-state index contributed by atoms with van der Waals surface area (Å²) in [5.74, 6) is -0.292. The summed E-state index contributed by atoms with van der Waals surface area (Å²) in [6.07, 6.45) is 4.18. The van der Waals surface area contributed by atoms with E-state index < -0.39 is 10.0 Å². The highest BCUT2D eigenvalue weighted by Crippen LogP contribution is 2.27. The Labute approximate surface area is 174 Å². The molecular formula is C21H23FN4O3S. The van der Waals surface area contributed by atoms with E-state index in [4.69, 9.17) is 0 Å². The number of fused-ring (bicyclic) bond motifs is 2. The molecule has 1 aromatic heterocycles. The Morgan fingerprint density at radius 1 is 1.27 bits per heavy atom. The fourth-order valence-electron chi connectivity index (χ4n) is 3.83. The smallest absolute Gasteiger partial charge is 0.319 e.